The van der Waals surface area contributed by atoms with E-state index in [1.165, 1.54) is 10.7 Å². The first-order chi connectivity index (χ1) is 13.0. The number of amides is 1. The van der Waals surface area contributed by atoms with Crippen molar-refractivity contribution in [3.05, 3.63) is 40.9 Å². The van der Waals surface area contributed by atoms with Crippen LogP contribution in [0.1, 0.15) is 66.0 Å². The predicted molar refractivity (Wildman–Crippen MR) is 98.4 cm³/mol. The average molecular weight is 391 g/mol. The lowest BCUT2D eigenvalue weighted by Crippen LogP contribution is -2.12. The number of nitrogens with one attached hydrogen (secondary N) is 1. The first-order valence-electron chi connectivity index (χ1n) is 8.91. The summed E-state index contributed by atoms with van der Waals surface area (Å²) in [4.78, 5) is 20.9. The topological polar surface area (TPSA) is 72.2 Å². The highest BCUT2D eigenvalue weighted by Gasteiger charge is 2.28. The molecule has 0 spiro atoms. The molecular weight excluding hydrogens is 372 g/mol. The summed E-state index contributed by atoms with van der Waals surface area (Å²) in [6.07, 6.45) is 5.89. The van der Waals surface area contributed by atoms with Gasteiger partial charge in [0.2, 0.25) is 0 Å². The predicted octanol–water partition coefficient (Wildman–Crippen LogP) is 4.67. The monoisotopic (exact) mass is 391 g/mol. The lowest BCUT2D eigenvalue weighted by Gasteiger charge is -2.24. The van der Waals surface area contributed by atoms with Crippen LogP contribution in [0, 0.1) is 5.92 Å². The number of alkyl halides is 2. The fraction of sp³-hybridized carbons (Fsp3) is 0.444. The van der Waals surface area contributed by atoms with Crippen LogP contribution in [0.15, 0.2) is 24.7 Å². The molecule has 27 heavy (non-hydrogen) atoms. The third-order valence-electron chi connectivity index (χ3n) is 4.99. The maximum absolute atomic E-state index is 13.5. The summed E-state index contributed by atoms with van der Waals surface area (Å²) in [5.74, 6) is 0.337. The fourth-order valence-corrected chi connectivity index (χ4v) is 4.56. The fourth-order valence-electron chi connectivity index (χ4n) is 3.43. The minimum absolute atomic E-state index is 0.110. The average Bonchev–Trinajstić information content (AvgIpc) is 3.26. The molecule has 0 radical (unpaired) electrons. The van der Waals surface area contributed by atoms with Crippen LogP contribution in [0.3, 0.4) is 0 Å². The maximum atomic E-state index is 13.5. The molecule has 0 aliphatic heterocycles. The highest BCUT2D eigenvalue weighted by molar-refractivity contribution is 7.16. The van der Waals surface area contributed by atoms with Crippen LogP contribution in [0.4, 0.5) is 13.8 Å². The lowest BCUT2D eigenvalue weighted by atomic mass is 9.83. The van der Waals surface area contributed by atoms with Gasteiger partial charge in [-0.15, -0.1) is 11.3 Å². The second-order valence-electron chi connectivity index (χ2n) is 6.92. The zero-order valence-electron chi connectivity index (χ0n) is 14.7. The standard InChI is InChI=1S/C18H19F2N5OS/c1-10-3-5-11(6-4-10)17-23-13(14(19)20)18(27-17)24-16(26)12-9-22-25-8-2-7-21-15(12)25/h2,7-11,14H,3-6H2,1H3,(H,24,26). The number of anilines is 1. The van der Waals surface area contributed by atoms with Crippen molar-refractivity contribution in [3.8, 4) is 0 Å². The van der Waals surface area contributed by atoms with E-state index in [4.69, 9.17) is 0 Å². The Morgan fingerprint density at radius 1 is 1.33 bits per heavy atom. The van der Waals surface area contributed by atoms with Gasteiger partial charge in [0.25, 0.3) is 12.3 Å². The molecule has 0 atom stereocenters. The van der Waals surface area contributed by atoms with E-state index in [1.807, 2.05) is 0 Å². The summed E-state index contributed by atoms with van der Waals surface area (Å²) in [5, 5.41) is 7.45. The number of hydrogen-bond donors (Lipinski definition) is 1. The van der Waals surface area contributed by atoms with Crippen molar-refractivity contribution >= 4 is 27.9 Å². The summed E-state index contributed by atoms with van der Waals surface area (Å²) in [7, 11) is 0. The van der Waals surface area contributed by atoms with E-state index in [0.29, 0.717) is 16.6 Å². The van der Waals surface area contributed by atoms with Gasteiger partial charge in [0.1, 0.15) is 16.3 Å². The van der Waals surface area contributed by atoms with Gasteiger partial charge in [0.15, 0.2) is 5.65 Å². The molecule has 1 aliphatic rings. The number of halogens is 2. The van der Waals surface area contributed by atoms with Gasteiger partial charge in [-0.05, 0) is 24.8 Å². The number of thiazole rings is 1. The maximum Gasteiger partial charge on any atom is 0.283 e. The molecule has 1 aliphatic carbocycles. The van der Waals surface area contributed by atoms with Crippen LogP contribution >= 0.6 is 11.3 Å². The quantitative estimate of drug-likeness (QED) is 0.702. The molecule has 9 heteroatoms. The van der Waals surface area contributed by atoms with Crippen LogP contribution in [0.25, 0.3) is 5.65 Å². The molecule has 3 aromatic heterocycles. The Morgan fingerprint density at radius 2 is 2.11 bits per heavy atom. The summed E-state index contributed by atoms with van der Waals surface area (Å²) in [6, 6.07) is 1.69. The number of hydrogen-bond acceptors (Lipinski definition) is 5. The van der Waals surface area contributed by atoms with Crippen molar-refractivity contribution < 1.29 is 13.6 Å². The van der Waals surface area contributed by atoms with Gasteiger partial charge >= 0.3 is 0 Å². The summed E-state index contributed by atoms with van der Waals surface area (Å²) >= 11 is 1.16. The van der Waals surface area contributed by atoms with E-state index in [9.17, 15) is 13.6 Å². The van der Waals surface area contributed by atoms with Crippen molar-refractivity contribution in [1.82, 2.24) is 19.6 Å². The Hall–Kier alpha value is -2.42. The van der Waals surface area contributed by atoms with Gasteiger partial charge in [-0.25, -0.2) is 23.3 Å². The molecular formula is C18H19F2N5OS. The molecule has 0 aromatic carbocycles. The zero-order valence-corrected chi connectivity index (χ0v) is 15.5. The van der Waals surface area contributed by atoms with Crippen molar-refractivity contribution in [2.24, 2.45) is 5.92 Å². The number of nitrogens with zero attached hydrogens (tertiary/aromatic N) is 4. The number of carbonyl (C=O) groups is 1. The van der Waals surface area contributed by atoms with Crippen molar-refractivity contribution in [3.63, 3.8) is 0 Å². The molecule has 0 saturated heterocycles. The Bertz CT molecular complexity index is 962. The normalized spacial score (nSPS) is 20.3. The highest BCUT2D eigenvalue weighted by atomic mass is 32.1. The van der Waals surface area contributed by atoms with E-state index in [-0.39, 0.29) is 22.2 Å². The summed E-state index contributed by atoms with van der Waals surface area (Å²) in [5.41, 5.74) is 0.253. The number of carbonyl (C=O) groups excluding carboxylic acids is 1. The molecule has 6 nitrogen and oxygen atoms in total. The number of fused-ring (bicyclic) bond motifs is 1. The number of rotatable bonds is 4. The van der Waals surface area contributed by atoms with Crippen molar-refractivity contribution in [2.75, 3.05) is 5.32 Å². The van der Waals surface area contributed by atoms with Gasteiger partial charge < -0.3 is 5.32 Å². The molecule has 1 fully saturated rings. The van der Waals surface area contributed by atoms with Gasteiger partial charge in [-0.3, -0.25) is 4.79 Å². The van der Waals surface area contributed by atoms with Gasteiger partial charge in [-0.2, -0.15) is 5.10 Å². The molecule has 0 bridgehead atoms. The smallest absolute Gasteiger partial charge is 0.283 e. The van der Waals surface area contributed by atoms with Crippen LogP contribution in [0.2, 0.25) is 0 Å². The molecule has 1 amide bonds. The molecule has 4 rings (SSSR count). The van der Waals surface area contributed by atoms with E-state index < -0.39 is 12.3 Å². The van der Waals surface area contributed by atoms with E-state index in [1.54, 1.807) is 18.5 Å². The number of aromatic nitrogens is 4. The van der Waals surface area contributed by atoms with Gasteiger partial charge in [-0.1, -0.05) is 19.8 Å². The van der Waals surface area contributed by atoms with Gasteiger partial charge in [0, 0.05) is 18.3 Å². The molecule has 1 saturated carbocycles. The van der Waals surface area contributed by atoms with E-state index in [2.05, 4.69) is 27.3 Å². The van der Waals surface area contributed by atoms with Gasteiger partial charge in [0.05, 0.1) is 11.2 Å². The Labute approximate surface area is 158 Å². The molecule has 1 N–H and O–H groups in total. The van der Waals surface area contributed by atoms with Crippen LogP contribution < -0.4 is 5.32 Å². The third-order valence-corrected chi connectivity index (χ3v) is 6.14. The third kappa shape index (κ3) is 3.55. The highest BCUT2D eigenvalue weighted by Crippen LogP contribution is 2.41. The summed E-state index contributed by atoms with van der Waals surface area (Å²) in [6.45, 7) is 2.21. The van der Waals surface area contributed by atoms with Crippen molar-refractivity contribution in [1.29, 1.82) is 0 Å². The second-order valence-corrected chi connectivity index (χ2v) is 7.95. The zero-order chi connectivity index (χ0) is 19.0. The van der Waals surface area contributed by atoms with Crippen LogP contribution in [-0.4, -0.2) is 25.5 Å². The first-order valence-corrected chi connectivity index (χ1v) is 9.73. The Balaban J connectivity index is 1.60. The minimum atomic E-state index is -2.74. The SMILES string of the molecule is CC1CCC(c2nc(C(F)F)c(NC(=O)c3cnn4cccnc34)s2)CC1. The Morgan fingerprint density at radius 3 is 2.85 bits per heavy atom. The second kappa shape index (κ2) is 7.30. The van der Waals surface area contributed by atoms with Crippen molar-refractivity contribution in [2.45, 2.75) is 45.0 Å². The van der Waals surface area contributed by atoms with Crippen LogP contribution in [-0.2, 0) is 0 Å². The Kier molecular flexibility index (Phi) is 4.86. The van der Waals surface area contributed by atoms with E-state index in [0.717, 1.165) is 37.0 Å². The molecule has 3 heterocycles. The molecule has 142 valence electrons. The largest absolute Gasteiger partial charge is 0.312 e. The minimum Gasteiger partial charge on any atom is -0.312 e. The molecule has 0 unspecified atom stereocenters. The van der Waals surface area contributed by atoms with E-state index >= 15 is 0 Å². The lowest BCUT2D eigenvalue weighted by molar-refractivity contribution is 0.102. The first kappa shape index (κ1) is 18.0. The molecule has 3 aromatic rings. The van der Waals surface area contributed by atoms with Crippen LogP contribution in [0.5, 0.6) is 0 Å². The summed E-state index contributed by atoms with van der Waals surface area (Å²) < 4.78 is 28.4.